The number of ether oxygens (including phenoxy) is 1. The molecule has 0 saturated carbocycles. The zero-order valence-corrected chi connectivity index (χ0v) is 19.1. The van der Waals surface area contributed by atoms with E-state index < -0.39 is 0 Å². The minimum absolute atomic E-state index is 0.0309. The third-order valence-corrected chi connectivity index (χ3v) is 6.45. The molecule has 0 aliphatic carbocycles. The van der Waals surface area contributed by atoms with Gasteiger partial charge < -0.3 is 19.4 Å². The summed E-state index contributed by atoms with van der Waals surface area (Å²) < 4.78 is 5.17. The Kier molecular flexibility index (Phi) is 7.27. The maximum atomic E-state index is 13.2. The van der Waals surface area contributed by atoms with Crippen molar-refractivity contribution in [2.24, 2.45) is 5.92 Å². The number of benzene rings is 2. The molecule has 7 heteroatoms. The molecule has 0 radical (unpaired) electrons. The topological polar surface area (TPSA) is 70.2 Å². The normalized spacial score (nSPS) is 18.9. The molecule has 33 heavy (non-hydrogen) atoms. The van der Waals surface area contributed by atoms with Gasteiger partial charge in [-0.25, -0.2) is 0 Å². The van der Waals surface area contributed by atoms with E-state index in [-0.39, 0.29) is 30.1 Å². The number of nitrogens with zero attached hydrogens (tertiary/aromatic N) is 3. The van der Waals surface area contributed by atoms with E-state index in [9.17, 15) is 14.4 Å². The van der Waals surface area contributed by atoms with Gasteiger partial charge in [-0.15, -0.1) is 0 Å². The Morgan fingerprint density at radius 1 is 0.909 bits per heavy atom. The summed E-state index contributed by atoms with van der Waals surface area (Å²) in [5.41, 5.74) is 2.01. The van der Waals surface area contributed by atoms with E-state index in [2.05, 4.69) is 0 Å². The van der Waals surface area contributed by atoms with E-state index in [1.807, 2.05) is 64.4 Å². The Morgan fingerprint density at radius 3 is 2.33 bits per heavy atom. The van der Waals surface area contributed by atoms with E-state index in [1.54, 1.807) is 12.0 Å². The molecule has 0 spiro atoms. The fourth-order valence-electron chi connectivity index (χ4n) is 4.57. The summed E-state index contributed by atoms with van der Waals surface area (Å²) >= 11 is 0. The van der Waals surface area contributed by atoms with Gasteiger partial charge in [-0.05, 0) is 29.7 Å². The highest BCUT2D eigenvalue weighted by Gasteiger charge is 2.37. The summed E-state index contributed by atoms with van der Waals surface area (Å²) in [7, 11) is 1.62. The molecule has 4 rings (SSSR count). The van der Waals surface area contributed by atoms with Crippen molar-refractivity contribution in [2.45, 2.75) is 25.8 Å². The molecule has 1 atom stereocenters. The minimum Gasteiger partial charge on any atom is -0.497 e. The molecule has 2 aliphatic rings. The first-order chi connectivity index (χ1) is 16.0. The van der Waals surface area contributed by atoms with Crippen molar-refractivity contribution in [3.8, 4) is 5.75 Å². The lowest BCUT2D eigenvalue weighted by Crippen LogP contribution is -2.41. The summed E-state index contributed by atoms with van der Waals surface area (Å²) in [5.74, 6) is 0.594. The van der Waals surface area contributed by atoms with Gasteiger partial charge in [0, 0.05) is 45.7 Å². The monoisotopic (exact) mass is 449 g/mol. The first kappa shape index (κ1) is 22.8. The van der Waals surface area contributed by atoms with Crippen molar-refractivity contribution in [1.82, 2.24) is 14.7 Å². The Labute approximate surface area is 194 Å². The number of rotatable bonds is 6. The zero-order chi connectivity index (χ0) is 23.2. The lowest BCUT2D eigenvalue weighted by Gasteiger charge is -2.24. The van der Waals surface area contributed by atoms with Gasteiger partial charge in [-0.3, -0.25) is 14.4 Å². The standard InChI is InChI=1S/C26H31N3O4/c1-33-23-10-8-20(9-11-23)16-24(30)27-12-5-13-28(15-14-27)26(32)22-17-25(31)29(19-22)18-21-6-3-2-4-7-21/h2-4,6-11,22H,5,12-19H2,1H3. The largest absolute Gasteiger partial charge is 0.497 e. The first-order valence-electron chi connectivity index (χ1n) is 11.5. The van der Waals surface area contributed by atoms with Gasteiger partial charge in [0.15, 0.2) is 0 Å². The average Bonchev–Trinajstić information content (AvgIpc) is 3.04. The second-order valence-electron chi connectivity index (χ2n) is 8.75. The van der Waals surface area contributed by atoms with E-state index in [0.29, 0.717) is 45.7 Å². The molecule has 2 aliphatic heterocycles. The Hall–Kier alpha value is -3.35. The summed E-state index contributed by atoms with van der Waals surface area (Å²) in [6, 6.07) is 17.4. The zero-order valence-electron chi connectivity index (χ0n) is 19.1. The minimum atomic E-state index is -0.303. The number of carbonyl (C=O) groups is 3. The van der Waals surface area contributed by atoms with Gasteiger partial charge in [0.05, 0.1) is 19.4 Å². The van der Waals surface area contributed by atoms with Crippen molar-refractivity contribution in [3.05, 3.63) is 65.7 Å². The molecule has 0 bridgehead atoms. The molecular weight excluding hydrogens is 418 g/mol. The smallest absolute Gasteiger partial charge is 0.228 e. The van der Waals surface area contributed by atoms with E-state index >= 15 is 0 Å². The van der Waals surface area contributed by atoms with Gasteiger partial charge >= 0.3 is 0 Å². The highest BCUT2D eigenvalue weighted by molar-refractivity contribution is 5.89. The third kappa shape index (κ3) is 5.72. The van der Waals surface area contributed by atoms with Gasteiger partial charge in [-0.2, -0.15) is 0 Å². The van der Waals surface area contributed by atoms with Gasteiger partial charge in [0.2, 0.25) is 17.7 Å². The first-order valence-corrected chi connectivity index (χ1v) is 11.5. The Bertz CT molecular complexity index is 977. The summed E-state index contributed by atoms with van der Waals surface area (Å²) in [4.78, 5) is 43.9. The number of methoxy groups -OCH3 is 1. The van der Waals surface area contributed by atoms with Gasteiger partial charge in [-0.1, -0.05) is 42.5 Å². The van der Waals surface area contributed by atoms with Crippen LogP contribution in [-0.4, -0.2) is 72.3 Å². The Balaban J connectivity index is 1.29. The lowest BCUT2D eigenvalue weighted by atomic mass is 10.1. The molecule has 174 valence electrons. The molecule has 1 unspecified atom stereocenters. The van der Waals surface area contributed by atoms with Crippen LogP contribution in [0, 0.1) is 5.92 Å². The molecule has 0 N–H and O–H groups in total. The molecule has 2 aromatic carbocycles. The maximum Gasteiger partial charge on any atom is 0.228 e. The number of likely N-dealkylation sites (tertiary alicyclic amines) is 1. The van der Waals surface area contributed by atoms with Gasteiger partial charge in [0.25, 0.3) is 0 Å². The molecule has 2 aromatic rings. The van der Waals surface area contributed by atoms with Crippen LogP contribution in [0.15, 0.2) is 54.6 Å². The highest BCUT2D eigenvalue weighted by Crippen LogP contribution is 2.23. The van der Waals surface area contributed by atoms with Crippen LogP contribution in [0.3, 0.4) is 0 Å². The van der Waals surface area contributed by atoms with E-state index in [4.69, 9.17) is 4.74 Å². The molecular formula is C26H31N3O4. The summed E-state index contributed by atoms with van der Waals surface area (Å²) in [6.07, 6.45) is 1.35. The van der Waals surface area contributed by atoms with E-state index in [1.165, 1.54) is 0 Å². The highest BCUT2D eigenvalue weighted by atomic mass is 16.5. The average molecular weight is 450 g/mol. The van der Waals surface area contributed by atoms with Crippen molar-refractivity contribution in [2.75, 3.05) is 39.8 Å². The third-order valence-electron chi connectivity index (χ3n) is 6.45. The lowest BCUT2D eigenvalue weighted by molar-refractivity contribution is -0.136. The Morgan fingerprint density at radius 2 is 1.61 bits per heavy atom. The van der Waals surface area contributed by atoms with Crippen LogP contribution in [0.4, 0.5) is 0 Å². The fourth-order valence-corrected chi connectivity index (χ4v) is 4.57. The number of amides is 3. The van der Waals surface area contributed by atoms with Crippen LogP contribution >= 0.6 is 0 Å². The number of hydrogen-bond donors (Lipinski definition) is 0. The molecule has 2 fully saturated rings. The summed E-state index contributed by atoms with van der Waals surface area (Å²) in [5, 5.41) is 0. The van der Waals surface area contributed by atoms with Crippen molar-refractivity contribution >= 4 is 17.7 Å². The van der Waals surface area contributed by atoms with Crippen LogP contribution in [0.2, 0.25) is 0 Å². The van der Waals surface area contributed by atoms with Crippen LogP contribution < -0.4 is 4.74 Å². The summed E-state index contributed by atoms with van der Waals surface area (Å²) in [6.45, 7) is 3.29. The molecule has 3 amide bonds. The quantitative estimate of drug-likeness (QED) is 0.679. The van der Waals surface area contributed by atoms with E-state index in [0.717, 1.165) is 23.3 Å². The molecule has 2 saturated heterocycles. The van der Waals surface area contributed by atoms with Crippen molar-refractivity contribution in [1.29, 1.82) is 0 Å². The van der Waals surface area contributed by atoms with Crippen LogP contribution in [0.5, 0.6) is 5.75 Å². The van der Waals surface area contributed by atoms with Gasteiger partial charge in [0.1, 0.15) is 5.75 Å². The maximum absolute atomic E-state index is 13.2. The predicted molar refractivity (Wildman–Crippen MR) is 124 cm³/mol. The molecule has 2 heterocycles. The predicted octanol–water partition coefficient (Wildman–Crippen LogP) is 2.35. The fraction of sp³-hybridized carbons (Fsp3) is 0.423. The number of hydrogen-bond acceptors (Lipinski definition) is 4. The molecule has 7 nitrogen and oxygen atoms in total. The SMILES string of the molecule is COc1ccc(CC(=O)N2CCCN(C(=O)C3CC(=O)N(Cc4ccccc4)C3)CC2)cc1. The van der Waals surface area contributed by atoms with Crippen LogP contribution in [0.1, 0.15) is 24.0 Å². The second kappa shape index (κ2) is 10.5. The van der Waals surface area contributed by atoms with Crippen molar-refractivity contribution in [3.63, 3.8) is 0 Å². The van der Waals surface area contributed by atoms with Crippen LogP contribution in [-0.2, 0) is 27.3 Å². The number of carbonyl (C=O) groups excluding carboxylic acids is 3. The second-order valence-corrected chi connectivity index (χ2v) is 8.75. The molecule has 0 aromatic heterocycles. The van der Waals surface area contributed by atoms with Crippen LogP contribution in [0.25, 0.3) is 0 Å². The van der Waals surface area contributed by atoms with Crippen molar-refractivity contribution < 1.29 is 19.1 Å².